The Bertz CT molecular complexity index is 1110. The normalized spacial score (nSPS) is 10.9. The van der Waals surface area contributed by atoms with Gasteiger partial charge in [0, 0.05) is 49.0 Å². The number of pyridine rings is 2. The molecule has 0 saturated carbocycles. The number of aryl methyl sites for hydroxylation is 2. The van der Waals surface area contributed by atoms with Gasteiger partial charge in [-0.1, -0.05) is 24.3 Å². The molecule has 0 radical (unpaired) electrons. The maximum Gasteiger partial charge on any atom is 0.341 e. The molecule has 0 atom stereocenters. The molecule has 0 aliphatic rings. The molecule has 0 saturated heterocycles. The van der Waals surface area contributed by atoms with Gasteiger partial charge in [0.05, 0.1) is 6.20 Å². The van der Waals surface area contributed by atoms with Gasteiger partial charge in [0.2, 0.25) is 0 Å². The SMILES string of the molecule is O=C(O)COc1cccc(CCCn2cc(C(c3cccnc3)c3cccnc3)cn2)c1. The minimum atomic E-state index is -0.985. The molecule has 0 unspecified atom stereocenters. The number of carbonyl (C=O) groups is 1. The van der Waals surface area contributed by atoms with Crippen molar-refractivity contribution in [2.24, 2.45) is 0 Å². The highest BCUT2D eigenvalue weighted by molar-refractivity contribution is 5.68. The van der Waals surface area contributed by atoms with Crippen molar-refractivity contribution >= 4 is 5.97 Å². The number of hydrogen-bond donors (Lipinski definition) is 1. The smallest absolute Gasteiger partial charge is 0.341 e. The summed E-state index contributed by atoms with van der Waals surface area (Å²) in [6.45, 7) is 0.432. The zero-order chi connectivity index (χ0) is 22.2. The van der Waals surface area contributed by atoms with E-state index in [1.807, 2.05) is 53.6 Å². The van der Waals surface area contributed by atoms with Crippen molar-refractivity contribution in [1.29, 1.82) is 0 Å². The molecule has 1 N–H and O–H groups in total. The number of hydrogen-bond acceptors (Lipinski definition) is 5. The highest BCUT2D eigenvalue weighted by Crippen LogP contribution is 2.30. The first-order valence-corrected chi connectivity index (χ1v) is 10.4. The van der Waals surface area contributed by atoms with Crippen LogP contribution in [0.3, 0.4) is 0 Å². The van der Waals surface area contributed by atoms with Crippen molar-refractivity contribution in [3.63, 3.8) is 0 Å². The van der Waals surface area contributed by atoms with Gasteiger partial charge in [-0.3, -0.25) is 14.6 Å². The van der Waals surface area contributed by atoms with Crippen molar-refractivity contribution in [3.8, 4) is 5.75 Å². The fourth-order valence-electron chi connectivity index (χ4n) is 3.70. The van der Waals surface area contributed by atoms with Crippen LogP contribution in [0.25, 0.3) is 0 Å². The van der Waals surface area contributed by atoms with Crippen LogP contribution < -0.4 is 4.74 Å². The van der Waals surface area contributed by atoms with Crippen LogP contribution in [0, 0.1) is 0 Å². The molecule has 32 heavy (non-hydrogen) atoms. The Morgan fingerprint density at radius 3 is 2.38 bits per heavy atom. The molecular formula is C25H24N4O3. The van der Waals surface area contributed by atoms with Crippen molar-refractivity contribution in [3.05, 3.63) is 108 Å². The molecule has 7 heteroatoms. The molecule has 162 valence electrons. The summed E-state index contributed by atoms with van der Waals surface area (Å²) in [6, 6.07) is 15.6. The fourth-order valence-corrected chi connectivity index (χ4v) is 3.70. The molecule has 7 nitrogen and oxygen atoms in total. The van der Waals surface area contributed by atoms with Gasteiger partial charge < -0.3 is 9.84 Å². The molecule has 0 spiro atoms. The first kappa shape index (κ1) is 21.2. The molecule has 0 fully saturated rings. The lowest BCUT2D eigenvalue weighted by atomic mass is 9.89. The third-order valence-electron chi connectivity index (χ3n) is 5.14. The number of benzene rings is 1. The lowest BCUT2D eigenvalue weighted by Gasteiger charge is -2.15. The maximum atomic E-state index is 10.7. The van der Waals surface area contributed by atoms with Crippen LogP contribution in [0.5, 0.6) is 5.75 Å². The third kappa shape index (κ3) is 5.57. The highest BCUT2D eigenvalue weighted by Gasteiger charge is 2.19. The predicted octanol–water partition coefficient (Wildman–Crippen LogP) is 3.95. The Morgan fingerprint density at radius 2 is 1.72 bits per heavy atom. The zero-order valence-electron chi connectivity index (χ0n) is 17.5. The standard InChI is InChI=1S/C25H24N4O3/c30-24(31)18-32-23-9-1-5-19(13-23)6-4-12-29-17-22(16-28-29)25(20-7-2-10-26-14-20)21-8-3-11-27-15-21/h1-3,5,7-11,13-17,25H,4,6,12,18H2,(H,30,31). The van der Waals surface area contributed by atoms with Crippen LogP contribution in [0.4, 0.5) is 0 Å². The van der Waals surface area contributed by atoms with E-state index in [-0.39, 0.29) is 12.5 Å². The molecule has 0 aliphatic carbocycles. The molecule has 3 heterocycles. The molecule has 1 aromatic carbocycles. The number of aliphatic carboxylic acids is 1. The van der Waals surface area contributed by atoms with Crippen LogP contribution in [0.15, 0.2) is 85.7 Å². The lowest BCUT2D eigenvalue weighted by Crippen LogP contribution is -2.09. The second kappa shape index (κ2) is 10.3. The van der Waals surface area contributed by atoms with Crippen LogP contribution in [0.1, 0.15) is 34.6 Å². The molecule has 4 aromatic rings. The quantitative estimate of drug-likeness (QED) is 0.411. The number of ether oxygens (including phenoxy) is 1. The van der Waals surface area contributed by atoms with Gasteiger partial charge >= 0.3 is 5.97 Å². The van der Waals surface area contributed by atoms with Gasteiger partial charge in [0.1, 0.15) is 5.75 Å². The lowest BCUT2D eigenvalue weighted by molar-refractivity contribution is -0.139. The van der Waals surface area contributed by atoms with E-state index >= 15 is 0 Å². The maximum absolute atomic E-state index is 10.7. The third-order valence-corrected chi connectivity index (χ3v) is 5.14. The van der Waals surface area contributed by atoms with E-state index in [4.69, 9.17) is 9.84 Å². The Hall–Kier alpha value is -4.00. The topological polar surface area (TPSA) is 90.1 Å². The van der Waals surface area contributed by atoms with Gasteiger partial charge in [-0.2, -0.15) is 5.10 Å². The summed E-state index contributed by atoms with van der Waals surface area (Å²) in [6.07, 6.45) is 13.0. The summed E-state index contributed by atoms with van der Waals surface area (Å²) >= 11 is 0. The predicted molar refractivity (Wildman–Crippen MR) is 120 cm³/mol. The Labute approximate surface area is 186 Å². The largest absolute Gasteiger partial charge is 0.482 e. The van der Waals surface area contributed by atoms with Crippen LogP contribution in [-0.2, 0) is 17.8 Å². The molecule has 4 rings (SSSR count). The van der Waals surface area contributed by atoms with Crippen molar-refractivity contribution in [2.45, 2.75) is 25.3 Å². The van der Waals surface area contributed by atoms with E-state index in [1.165, 1.54) is 0 Å². The van der Waals surface area contributed by atoms with Crippen LogP contribution in [0.2, 0.25) is 0 Å². The van der Waals surface area contributed by atoms with Crippen molar-refractivity contribution < 1.29 is 14.6 Å². The highest BCUT2D eigenvalue weighted by atomic mass is 16.5. The monoisotopic (exact) mass is 428 g/mol. The second-order valence-electron chi connectivity index (χ2n) is 7.48. The Morgan fingerprint density at radius 1 is 0.969 bits per heavy atom. The average Bonchev–Trinajstić information content (AvgIpc) is 3.28. The van der Waals surface area contributed by atoms with E-state index in [2.05, 4.69) is 33.4 Å². The summed E-state index contributed by atoms with van der Waals surface area (Å²) in [5, 5.41) is 13.3. The van der Waals surface area contributed by atoms with E-state index in [0.29, 0.717) is 5.75 Å². The Balaban J connectivity index is 1.42. The first-order chi connectivity index (χ1) is 15.7. The van der Waals surface area contributed by atoms with E-state index in [9.17, 15) is 4.79 Å². The van der Waals surface area contributed by atoms with Gasteiger partial charge in [-0.05, 0) is 53.8 Å². The first-order valence-electron chi connectivity index (χ1n) is 10.4. The number of aromatic nitrogens is 4. The van der Waals surface area contributed by atoms with Gasteiger partial charge in [-0.15, -0.1) is 0 Å². The van der Waals surface area contributed by atoms with E-state index in [1.54, 1.807) is 18.5 Å². The zero-order valence-corrected chi connectivity index (χ0v) is 17.5. The summed E-state index contributed by atoms with van der Waals surface area (Å²) < 4.78 is 7.22. The van der Waals surface area contributed by atoms with E-state index < -0.39 is 5.97 Å². The minimum absolute atomic E-state index is 0.0224. The summed E-state index contributed by atoms with van der Waals surface area (Å²) in [5.41, 5.74) is 4.38. The van der Waals surface area contributed by atoms with Gasteiger partial charge in [0.25, 0.3) is 0 Å². The number of nitrogens with zero attached hydrogens (tertiary/aromatic N) is 4. The minimum Gasteiger partial charge on any atom is -0.482 e. The molecule has 0 aliphatic heterocycles. The summed E-state index contributed by atoms with van der Waals surface area (Å²) in [5.74, 6) is -0.392. The van der Waals surface area contributed by atoms with Gasteiger partial charge in [0.15, 0.2) is 6.61 Å². The van der Waals surface area contributed by atoms with Crippen LogP contribution >= 0.6 is 0 Å². The van der Waals surface area contributed by atoms with Crippen molar-refractivity contribution in [2.75, 3.05) is 6.61 Å². The fraction of sp³-hybridized carbons (Fsp3) is 0.200. The molecular weight excluding hydrogens is 404 g/mol. The molecule has 0 bridgehead atoms. The average molecular weight is 428 g/mol. The Kier molecular flexibility index (Phi) is 6.87. The molecule has 3 aromatic heterocycles. The van der Waals surface area contributed by atoms with Crippen LogP contribution in [-0.4, -0.2) is 37.4 Å². The van der Waals surface area contributed by atoms with Gasteiger partial charge in [-0.25, -0.2) is 4.79 Å². The number of carboxylic acids is 1. The van der Waals surface area contributed by atoms with E-state index in [0.717, 1.165) is 41.6 Å². The number of rotatable bonds is 10. The second-order valence-corrected chi connectivity index (χ2v) is 7.48. The molecule has 0 amide bonds. The summed E-state index contributed by atoms with van der Waals surface area (Å²) in [7, 11) is 0. The summed E-state index contributed by atoms with van der Waals surface area (Å²) in [4.78, 5) is 19.2. The van der Waals surface area contributed by atoms with Crippen molar-refractivity contribution in [1.82, 2.24) is 19.7 Å². The number of carboxylic acid groups (broad SMARTS) is 1.